The van der Waals surface area contributed by atoms with Crippen LogP contribution in [0.3, 0.4) is 0 Å². The minimum absolute atomic E-state index is 0.152. The molecule has 1 atom stereocenters. The first kappa shape index (κ1) is 20.2. The third-order valence-electron chi connectivity index (χ3n) is 5.62. The van der Waals surface area contributed by atoms with Crippen molar-refractivity contribution in [3.63, 3.8) is 0 Å². The first-order valence-corrected chi connectivity index (χ1v) is 10.1. The molecule has 1 spiro atoms. The molecule has 2 fully saturated rings. The zero-order valence-electron chi connectivity index (χ0n) is 16.6. The highest BCUT2D eigenvalue weighted by atomic mass is 35.5. The van der Waals surface area contributed by atoms with Crippen molar-refractivity contribution in [2.45, 2.75) is 24.9 Å². The van der Waals surface area contributed by atoms with Crippen LogP contribution in [0.25, 0.3) is 0 Å². The molecule has 4 rings (SSSR count). The number of urea groups is 1. The van der Waals surface area contributed by atoms with Crippen molar-refractivity contribution < 1.29 is 19.1 Å². The number of methoxy groups -OCH3 is 1. The molecule has 7 nitrogen and oxygen atoms in total. The highest BCUT2D eigenvalue weighted by molar-refractivity contribution is 6.30. The predicted molar refractivity (Wildman–Crippen MR) is 111 cm³/mol. The Hall–Kier alpha value is -3.06. The lowest BCUT2D eigenvalue weighted by Gasteiger charge is -2.38. The maximum atomic E-state index is 13.2. The number of amides is 4. The number of ether oxygens (including phenoxy) is 1. The largest absolute Gasteiger partial charge is 0.497 e. The van der Waals surface area contributed by atoms with Gasteiger partial charge in [0.15, 0.2) is 0 Å². The molecule has 2 saturated heterocycles. The molecule has 0 bridgehead atoms. The standard InChI is InChI=1S/C22H22ClN3O4/c1-30-18-9-5-16(6-10-18)19(27)25-12-2-11-22(14-25)20(28)26(21(29)24-22)13-15-3-7-17(23)8-4-15/h3-10H,2,11-14H2,1H3,(H,24,29)/t22-/m0/s1. The molecule has 0 aromatic heterocycles. The number of halogens is 1. The monoisotopic (exact) mass is 427 g/mol. The molecular formula is C22H22ClN3O4. The minimum atomic E-state index is -1.08. The fourth-order valence-corrected chi connectivity index (χ4v) is 4.14. The van der Waals surface area contributed by atoms with E-state index in [4.69, 9.17) is 16.3 Å². The van der Waals surface area contributed by atoms with Gasteiger partial charge in [-0.1, -0.05) is 23.7 Å². The van der Waals surface area contributed by atoms with Crippen molar-refractivity contribution >= 4 is 29.4 Å². The lowest BCUT2D eigenvalue weighted by molar-refractivity contribution is -0.133. The van der Waals surface area contributed by atoms with Crippen LogP contribution < -0.4 is 10.1 Å². The smallest absolute Gasteiger partial charge is 0.325 e. The summed E-state index contributed by atoms with van der Waals surface area (Å²) in [5.74, 6) is 0.197. The molecular weight excluding hydrogens is 406 g/mol. The van der Waals surface area contributed by atoms with Crippen LogP contribution in [0.5, 0.6) is 5.75 Å². The van der Waals surface area contributed by atoms with Gasteiger partial charge in [-0.05, 0) is 54.8 Å². The van der Waals surface area contributed by atoms with Gasteiger partial charge in [0.1, 0.15) is 11.3 Å². The van der Waals surface area contributed by atoms with Gasteiger partial charge in [0, 0.05) is 17.1 Å². The van der Waals surface area contributed by atoms with Gasteiger partial charge >= 0.3 is 6.03 Å². The summed E-state index contributed by atoms with van der Waals surface area (Å²) in [6.07, 6.45) is 1.13. The van der Waals surface area contributed by atoms with Gasteiger partial charge in [-0.2, -0.15) is 0 Å². The van der Waals surface area contributed by atoms with E-state index in [1.807, 2.05) is 0 Å². The number of nitrogens with one attached hydrogen (secondary N) is 1. The summed E-state index contributed by atoms with van der Waals surface area (Å²) in [5, 5.41) is 3.44. The van der Waals surface area contributed by atoms with E-state index < -0.39 is 11.6 Å². The maximum absolute atomic E-state index is 13.2. The summed E-state index contributed by atoms with van der Waals surface area (Å²) >= 11 is 5.91. The zero-order chi connectivity index (χ0) is 21.3. The van der Waals surface area contributed by atoms with Gasteiger partial charge in [-0.3, -0.25) is 14.5 Å². The molecule has 0 saturated carbocycles. The first-order chi connectivity index (χ1) is 14.4. The van der Waals surface area contributed by atoms with Crippen LogP contribution >= 0.6 is 11.6 Å². The number of hydrogen-bond donors (Lipinski definition) is 1. The Kier molecular flexibility index (Phi) is 5.39. The molecule has 8 heteroatoms. The van der Waals surface area contributed by atoms with E-state index in [2.05, 4.69) is 5.32 Å². The number of hydrogen-bond acceptors (Lipinski definition) is 4. The van der Waals surface area contributed by atoms with E-state index in [9.17, 15) is 14.4 Å². The summed E-state index contributed by atoms with van der Waals surface area (Å²) in [4.78, 5) is 41.6. The highest BCUT2D eigenvalue weighted by Gasteiger charge is 2.53. The Labute approximate surface area is 179 Å². The van der Waals surface area contributed by atoms with E-state index in [0.717, 1.165) is 5.56 Å². The third-order valence-corrected chi connectivity index (χ3v) is 5.87. The highest BCUT2D eigenvalue weighted by Crippen LogP contribution is 2.30. The van der Waals surface area contributed by atoms with E-state index in [1.54, 1.807) is 60.5 Å². The Balaban J connectivity index is 1.50. The summed E-state index contributed by atoms with van der Waals surface area (Å²) in [6.45, 7) is 0.850. The van der Waals surface area contributed by atoms with Crippen LogP contribution in [-0.2, 0) is 11.3 Å². The van der Waals surface area contributed by atoms with Crippen molar-refractivity contribution in [2.24, 2.45) is 0 Å². The van der Waals surface area contributed by atoms with Crippen molar-refractivity contribution in [2.75, 3.05) is 20.2 Å². The van der Waals surface area contributed by atoms with Gasteiger partial charge in [0.05, 0.1) is 20.2 Å². The quantitative estimate of drug-likeness (QED) is 0.760. The van der Waals surface area contributed by atoms with Crippen LogP contribution in [0.4, 0.5) is 4.79 Å². The third kappa shape index (κ3) is 3.73. The molecule has 2 aromatic rings. The molecule has 0 radical (unpaired) electrons. The van der Waals surface area contributed by atoms with Crippen LogP contribution in [-0.4, -0.2) is 53.4 Å². The Morgan fingerprint density at radius 2 is 1.83 bits per heavy atom. The average Bonchev–Trinajstić information content (AvgIpc) is 2.98. The van der Waals surface area contributed by atoms with Crippen molar-refractivity contribution in [3.05, 3.63) is 64.7 Å². The van der Waals surface area contributed by atoms with Gasteiger partial charge in [0.25, 0.3) is 11.8 Å². The fourth-order valence-electron chi connectivity index (χ4n) is 4.01. The number of piperidine rings is 1. The van der Waals surface area contributed by atoms with Crippen LogP contribution in [0.1, 0.15) is 28.8 Å². The van der Waals surface area contributed by atoms with Crippen LogP contribution in [0, 0.1) is 0 Å². The molecule has 1 N–H and O–H groups in total. The summed E-state index contributed by atoms with van der Waals surface area (Å²) in [7, 11) is 1.56. The summed E-state index contributed by atoms with van der Waals surface area (Å²) < 4.78 is 5.13. The molecule has 2 aliphatic rings. The van der Waals surface area contributed by atoms with Crippen molar-refractivity contribution in [3.8, 4) is 5.75 Å². The lowest BCUT2D eigenvalue weighted by Crippen LogP contribution is -2.59. The summed E-state index contributed by atoms with van der Waals surface area (Å²) in [5.41, 5.74) is 0.244. The summed E-state index contributed by atoms with van der Waals surface area (Å²) in [6, 6.07) is 13.4. The molecule has 2 aliphatic heterocycles. The number of carbonyl (C=O) groups is 3. The van der Waals surface area contributed by atoms with E-state index >= 15 is 0 Å². The van der Waals surface area contributed by atoms with Crippen LogP contribution in [0.2, 0.25) is 5.02 Å². The minimum Gasteiger partial charge on any atom is -0.497 e. The van der Waals surface area contributed by atoms with Gasteiger partial charge in [0.2, 0.25) is 0 Å². The second-order valence-corrected chi connectivity index (χ2v) is 8.03. The normalized spacial score (nSPS) is 21.1. The Bertz CT molecular complexity index is 977. The second-order valence-electron chi connectivity index (χ2n) is 7.59. The number of nitrogens with zero attached hydrogens (tertiary/aromatic N) is 2. The van der Waals surface area contributed by atoms with E-state index in [-0.39, 0.29) is 24.9 Å². The molecule has 30 heavy (non-hydrogen) atoms. The Morgan fingerprint density at radius 3 is 2.50 bits per heavy atom. The molecule has 0 unspecified atom stereocenters. The maximum Gasteiger partial charge on any atom is 0.325 e. The molecule has 4 amide bonds. The number of likely N-dealkylation sites (tertiary alicyclic amines) is 1. The average molecular weight is 428 g/mol. The zero-order valence-corrected chi connectivity index (χ0v) is 17.3. The fraction of sp³-hybridized carbons (Fsp3) is 0.318. The number of imide groups is 1. The van der Waals surface area contributed by atoms with Gasteiger partial charge in [-0.25, -0.2) is 4.79 Å². The molecule has 156 valence electrons. The molecule has 2 heterocycles. The van der Waals surface area contributed by atoms with Gasteiger partial charge in [-0.15, -0.1) is 0 Å². The van der Waals surface area contributed by atoms with E-state index in [1.165, 1.54) is 4.90 Å². The van der Waals surface area contributed by atoms with Crippen molar-refractivity contribution in [1.29, 1.82) is 0 Å². The Morgan fingerprint density at radius 1 is 1.13 bits per heavy atom. The lowest BCUT2D eigenvalue weighted by atomic mass is 9.88. The SMILES string of the molecule is COc1ccc(C(=O)N2CCC[C@@]3(C2)NC(=O)N(Cc2ccc(Cl)cc2)C3=O)cc1. The number of rotatable bonds is 4. The van der Waals surface area contributed by atoms with E-state index in [0.29, 0.717) is 35.7 Å². The van der Waals surface area contributed by atoms with Gasteiger partial charge < -0.3 is 15.0 Å². The second kappa shape index (κ2) is 7.99. The first-order valence-electron chi connectivity index (χ1n) is 9.74. The van der Waals surface area contributed by atoms with Crippen molar-refractivity contribution in [1.82, 2.24) is 15.1 Å². The molecule has 0 aliphatic carbocycles. The number of benzene rings is 2. The molecule has 2 aromatic carbocycles. The predicted octanol–water partition coefficient (Wildman–Crippen LogP) is 3.08. The number of carbonyl (C=O) groups excluding carboxylic acids is 3. The van der Waals surface area contributed by atoms with Crippen LogP contribution in [0.15, 0.2) is 48.5 Å². The topological polar surface area (TPSA) is 79.0 Å².